The number of nitrogens with zero attached hydrogens (tertiary/aromatic N) is 3. The van der Waals surface area contributed by atoms with Crippen LogP contribution in [-0.4, -0.2) is 28.0 Å². The molecule has 0 aliphatic rings. The first-order valence-corrected chi connectivity index (χ1v) is 10.8. The number of nitriles is 1. The number of carbonyl (C=O) groups is 1. The highest BCUT2D eigenvalue weighted by Crippen LogP contribution is 2.28. The molecular weight excluding hydrogens is 410 g/mol. The minimum Gasteiger partial charge on any atom is -0.490 e. The zero-order valence-electron chi connectivity index (χ0n) is 17.8. The van der Waals surface area contributed by atoms with Crippen LogP contribution < -0.4 is 15.8 Å². The third-order valence-corrected chi connectivity index (χ3v) is 5.27. The molecule has 7 nitrogen and oxygen atoms in total. The first-order chi connectivity index (χ1) is 14.8. The van der Waals surface area contributed by atoms with Crippen molar-refractivity contribution < 1.29 is 9.53 Å². The highest BCUT2D eigenvalue weighted by atomic mass is 32.1. The second-order valence-electron chi connectivity index (χ2n) is 8.08. The maximum Gasteiger partial charge on any atom is 0.285 e. The zero-order chi connectivity index (χ0) is 22.4. The van der Waals surface area contributed by atoms with E-state index in [9.17, 15) is 10.1 Å². The lowest BCUT2D eigenvalue weighted by atomic mass is 9.93. The van der Waals surface area contributed by atoms with E-state index in [2.05, 4.69) is 35.2 Å². The Morgan fingerprint density at radius 3 is 2.71 bits per heavy atom. The van der Waals surface area contributed by atoms with E-state index in [-0.39, 0.29) is 5.91 Å². The number of nitrogens with one attached hydrogen (secondary N) is 1. The molecule has 0 radical (unpaired) electrons. The van der Waals surface area contributed by atoms with Crippen molar-refractivity contribution in [2.24, 2.45) is 11.7 Å². The summed E-state index contributed by atoms with van der Waals surface area (Å²) in [7, 11) is 0. The van der Waals surface area contributed by atoms with Crippen LogP contribution in [-0.2, 0) is 0 Å². The summed E-state index contributed by atoms with van der Waals surface area (Å²) in [4.78, 5) is 20.4. The van der Waals surface area contributed by atoms with Crippen molar-refractivity contribution in [1.29, 1.82) is 5.26 Å². The second-order valence-corrected chi connectivity index (χ2v) is 8.98. The lowest BCUT2D eigenvalue weighted by Crippen LogP contribution is -2.43. The highest BCUT2D eigenvalue weighted by Gasteiger charge is 2.22. The molecule has 2 aromatic heterocycles. The van der Waals surface area contributed by atoms with Crippen LogP contribution in [0.15, 0.2) is 48.1 Å². The summed E-state index contributed by atoms with van der Waals surface area (Å²) in [6.45, 7) is 6.50. The molecule has 0 saturated carbocycles. The molecule has 0 fully saturated rings. The number of hydrogen-bond acceptors (Lipinski definition) is 7. The Labute approximate surface area is 185 Å². The van der Waals surface area contributed by atoms with Gasteiger partial charge in [0.25, 0.3) is 5.91 Å². The van der Waals surface area contributed by atoms with E-state index in [0.29, 0.717) is 34.7 Å². The second kappa shape index (κ2) is 9.69. The van der Waals surface area contributed by atoms with Gasteiger partial charge in [0, 0.05) is 23.3 Å². The fourth-order valence-corrected chi connectivity index (χ4v) is 3.87. The summed E-state index contributed by atoms with van der Waals surface area (Å²) in [6, 6.07) is 11.2. The Kier molecular flexibility index (Phi) is 7.00. The molecule has 160 valence electrons. The predicted octanol–water partition coefficient (Wildman–Crippen LogP) is 4.47. The van der Waals surface area contributed by atoms with E-state index in [1.165, 1.54) is 11.3 Å². The third kappa shape index (κ3) is 6.10. The van der Waals surface area contributed by atoms with Crippen molar-refractivity contribution in [2.75, 3.05) is 11.9 Å². The summed E-state index contributed by atoms with van der Waals surface area (Å²) < 4.78 is 5.88. The Balaban J connectivity index is 1.76. The number of pyridine rings is 1. The van der Waals surface area contributed by atoms with Crippen LogP contribution in [0.4, 0.5) is 5.82 Å². The van der Waals surface area contributed by atoms with Gasteiger partial charge in [-0.3, -0.25) is 4.79 Å². The molecule has 31 heavy (non-hydrogen) atoms. The molecule has 1 aromatic carbocycles. The summed E-state index contributed by atoms with van der Waals surface area (Å²) in [5, 5.41) is 14.5. The molecule has 3 rings (SSSR count). The Bertz CT molecular complexity index is 1090. The van der Waals surface area contributed by atoms with Gasteiger partial charge in [0.1, 0.15) is 24.2 Å². The molecule has 1 amide bonds. The molecule has 0 spiro atoms. The number of amides is 1. The zero-order valence-corrected chi connectivity index (χ0v) is 18.6. The Hall–Kier alpha value is -3.28. The Morgan fingerprint density at radius 1 is 1.26 bits per heavy atom. The van der Waals surface area contributed by atoms with Gasteiger partial charge in [0.05, 0.1) is 5.56 Å². The number of hydrogen-bond donors (Lipinski definition) is 2. The van der Waals surface area contributed by atoms with Gasteiger partial charge in [-0.2, -0.15) is 5.26 Å². The maximum atomic E-state index is 12.2. The molecule has 2 heterocycles. The summed E-state index contributed by atoms with van der Waals surface area (Å²) in [5.74, 6) is 1.04. The van der Waals surface area contributed by atoms with E-state index < -0.39 is 5.54 Å². The smallest absolute Gasteiger partial charge is 0.285 e. The quantitative estimate of drug-likeness (QED) is 0.539. The van der Waals surface area contributed by atoms with E-state index in [4.69, 9.17) is 10.5 Å². The van der Waals surface area contributed by atoms with Gasteiger partial charge in [-0.05, 0) is 54.7 Å². The van der Waals surface area contributed by atoms with Crippen molar-refractivity contribution in [1.82, 2.24) is 9.97 Å². The molecule has 0 saturated heterocycles. The number of ether oxygens (including phenoxy) is 1. The third-order valence-electron chi connectivity index (χ3n) is 4.49. The van der Waals surface area contributed by atoms with Gasteiger partial charge in [0.2, 0.25) is 0 Å². The molecule has 1 atom stereocenters. The Morgan fingerprint density at radius 2 is 2.03 bits per heavy atom. The maximum absolute atomic E-state index is 12.2. The fraction of sp³-hybridized carbons (Fsp3) is 0.304. The first kappa shape index (κ1) is 22.4. The van der Waals surface area contributed by atoms with E-state index >= 15 is 0 Å². The van der Waals surface area contributed by atoms with Crippen molar-refractivity contribution in [3.8, 4) is 22.9 Å². The molecule has 0 unspecified atom stereocenters. The van der Waals surface area contributed by atoms with Gasteiger partial charge >= 0.3 is 0 Å². The average Bonchev–Trinajstić information content (AvgIpc) is 3.26. The first-order valence-electron chi connectivity index (χ1n) is 9.90. The number of benzene rings is 1. The largest absolute Gasteiger partial charge is 0.490 e. The van der Waals surface area contributed by atoms with E-state index in [1.807, 2.05) is 19.1 Å². The summed E-state index contributed by atoms with van der Waals surface area (Å²) in [5.41, 5.74) is 7.89. The standard InChI is InChI=1S/C23H25N5O2S/c1-15(2)12-23(3,25)14-30-19-5-4-16(10-18(19)13-24)17-6-7-26-20(11-17)28-21(29)22-27-8-9-31-22/h4-11,15H,12,14,25H2,1-3H3,(H,26,28,29)/t23-/m0/s1. The molecule has 0 aliphatic heterocycles. The fourth-order valence-electron chi connectivity index (χ4n) is 3.34. The van der Waals surface area contributed by atoms with Gasteiger partial charge in [-0.1, -0.05) is 19.9 Å². The van der Waals surface area contributed by atoms with E-state index in [0.717, 1.165) is 17.5 Å². The SMILES string of the molecule is CC(C)C[C@](C)(N)COc1ccc(-c2ccnc(NC(=O)c3nccs3)c2)cc1C#N. The summed E-state index contributed by atoms with van der Waals surface area (Å²) >= 11 is 1.26. The number of carbonyl (C=O) groups excluding carboxylic acids is 1. The van der Waals surface area contributed by atoms with Gasteiger partial charge in [-0.25, -0.2) is 9.97 Å². The molecule has 8 heteroatoms. The van der Waals surface area contributed by atoms with Crippen molar-refractivity contribution in [3.63, 3.8) is 0 Å². The number of anilines is 1. The van der Waals surface area contributed by atoms with Gasteiger partial charge < -0.3 is 15.8 Å². The van der Waals surface area contributed by atoms with Crippen LogP contribution in [0.3, 0.4) is 0 Å². The topological polar surface area (TPSA) is 114 Å². The van der Waals surface area contributed by atoms with Crippen LogP contribution in [0, 0.1) is 17.2 Å². The monoisotopic (exact) mass is 435 g/mol. The minimum atomic E-state index is -0.477. The molecular formula is C23H25N5O2S. The summed E-state index contributed by atoms with van der Waals surface area (Å²) in [6.07, 6.45) is 4.00. The van der Waals surface area contributed by atoms with Crippen molar-refractivity contribution >= 4 is 23.1 Å². The van der Waals surface area contributed by atoms with Gasteiger partial charge in [0.15, 0.2) is 5.01 Å². The predicted molar refractivity (Wildman–Crippen MR) is 122 cm³/mol. The average molecular weight is 436 g/mol. The molecule has 3 aromatic rings. The van der Waals surface area contributed by atoms with Crippen LogP contribution in [0.5, 0.6) is 5.75 Å². The molecule has 0 aliphatic carbocycles. The normalized spacial score (nSPS) is 12.8. The van der Waals surface area contributed by atoms with Crippen molar-refractivity contribution in [2.45, 2.75) is 32.7 Å². The number of rotatable bonds is 8. The van der Waals surface area contributed by atoms with Crippen LogP contribution in [0.2, 0.25) is 0 Å². The lowest BCUT2D eigenvalue weighted by Gasteiger charge is -2.26. The van der Waals surface area contributed by atoms with Crippen molar-refractivity contribution in [3.05, 3.63) is 58.7 Å². The van der Waals surface area contributed by atoms with Crippen LogP contribution in [0.1, 0.15) is 42.6 Å². The van der Waals surface area contributed by atoms with Crippen LogP contribution in [0.25, 0.3) is 11.1 Å². The van der Waals surface area contributed by atoms with Gasteiger partial charge in [-0.15, -0.1) is 11.3 Å². The lowest BCUT2D eigenvalue weighted by molar-refractivity contribution is 0.102. The minimum absolute atomic E-state index is 0.313. The molecule has 0 bridgehead atoms. The number of thiazole rings is 1. The number of nitrogens with two attached hydrogens (primary N) is 1. The van der Waals surface area contributed by atoms with Crippen LogP contribution >= 0.6 is 11.3 Å². The van der Waals surface area contributed by atoms with E-state index in [1.54, 1.807) is 36.0 Å². The molecule has 3 N–H and O–H groups in total. The number of aromatic nitrogens is 2. The highest BCUT2D eigenvalue weighted by molar-refractivity contribution is 7.11.